The molecular formula is C14H18N2O. The zero-order chi connectivity index (χ0) is 12.4. The van der Waals surface area contributed by atoms with Gasteiger partial charge in [-0.05, 0) is 25.8 Å². The van der Waals surface area contributed by atoms with Crippen LogP contribution in [0, 0.1) is 13.8 Å². The number of aryl methyl sites for hydroxylation is 2. The Balaban J connectivity index is 2.30. The molecule has 3 heteroatoms. The molecule has 0 amide bonds. The van der Waals surface area contributed by atoms with Gasteiger partial charge in [-0.1, -0.05) is 36.8 Å². The molecule has 0 radical (unpaired) electrons. The molecule has 3 nitrogen and oxygen atoms in total. The van der Waals surface area contributed by atoms with Gasteiger partial charge in [0, 0.05) is 11.3 Å². The predicted octanol–water partition coefficient (Wildman–Crippen LogP) is 2.40. The summed E-state index contributed by atoms with van der Waals surface area (Å²) in [5, 5.41) is 3.13. The van der Waals surface area contributed by atoms with E-state index in [0.717, 1.165) is 23.2 Å². The van der Waals surface area contributed by atoms with Crippen molar-refractivity contribution >= 4 is 0 Å². The molecule has 0 atom stereocenters. The minimum atomic E-state index is 0.102. The van der Waals surface area contributed by atoms with E-state index in [9.17, 15) is 4.79 Å². The molecule has 90 valence electrons. The second-order valence-electron chi connectivity index (χ2n) is 4.45. The van der Waals surface area contributed by atoms with Crippen LogP contribution in [-0.4, -0.2) is 9.78 Å². The molecule has 0 aliphatic heterocycles. The summed E-state index contributed by atoms with van der Waals surface area (Å²) < 4.78 is 1.68. The van der Waals surface area contributed by atoms with Crippen molar-refractivity contribution in [1.29, 1.82) is 0 Å². The van der Waals surface area contributed by atoms with E-state index < -0.39 is 0 Å². The van der Waals surface area contributed by atoms with Crippen molar-refractivity contribution in [3.8, 4) is 0 Å². The summed E-state index contributed by atoms with van der Waals surface area (Å²) in [4.78, 5) is 12.0. The molecule has 17 heavy (non-hydrogen) atoms. The van der Waals surface area contributed by atoms with Crippen LogP contribution in [0.15, 0.2) is 29.1 Å². The van der Waals surface area contributed by atoms with Gasteiger partial charge >= 0.3 is 0 Å². The SMILES string of the molecule is CCc1c(C)[nH]n(Cc2ccc(C)cc2)c1=O. The summed E-state index contributed by atoms with van der Waals surface area (Å²) >= 11 is 0. The Labute approximate surface area is 101 Å². The Kier molecular flexibility index (Phi) is 3.18. The zero-order valence-corrected chi connectivity index (χ0v) is 10.6. The van der Waals surface area contributed by atoms with Crippen LogP contribution in [0.1, 0.15) is 29.3 Å². The Bertz CT molecular complexity index is 561. The van der Waals surface area contributed by atoms with E-state index in [1.807, 2.05) is 13.8 Å². The maximum atomic E-state index is 12.0. The monoisotopic (exact) mass is 230 g/mol. The van der Waals surface area contributed by atoms with Gasteiger partial charge in [-0.2, -0.15) is 0 Å². The van der Waals surface area contributed by atoms with E-state index in [0.29, 0.717) is 6.54 Å². The van der Waals surface area contributed by atoms with Crippen molar-refractivity contribution in [3.05, 3.63) is 57.0 Å². The van der Waals surface area contributed by atoms with Gasteiger partial charge in [0.25, 0.3) is 5.56 Å². The fraction of sp³-hybridized carbons (Fsp3) is 0.357. The van der Waals surface area contributed by atoms with Crippen molar-refractivity contribution in [1.82, 2.24) is 9.78 Å². The standard InChI is InChI=1S/C14H18N2O/c1-4-13-11(3)15-16(14(13)17)9-12-7-5-10(2)6-8-12/h5-8,15H,4,9H2,1-3H3. The molecule has 0 saturated heterocycles. The molecule has 0 saturated carbocycles. The van der Waals surface area contributed by atoms with Crippen LogP contribution in [0.2, 0.25) is 0 Å². The average molecular weight is 230 g/mol. The van der Waals surface area contributed by atoms with Crippen LogP contribution < -0.4 is 5.56 Å². The summed E-state index contributed by atoms with van der Waals surface area (Å²) in [5.74, 6) is 0. The van der Waals surface area contributed by atoms with E-state index in [-0.39, 0.29) is 5.56 Å². The van der Waals surface area contributed by atoms with Gasteiger partial charge in [-0.15, -0.1) is 0 Å². The number of nitrogens with zero attached hydrogens (tertiary/aromatic N) is 1. The summed E-state index contributed by atoms with van der Waals surface area (Å²) in [6, 6.07) is 8.25. The van der Waals surface area contributed by atoms with E-state index in [1.54, 1.807) is 4.68 Å². The number of aromatic amines is 1. The number of hydrogen-bond acceptors (Lipinski definition) is 1. The quantitative estimate of drug-likeness (QED) is 0.863. The lowest BCUT2D eigenvalue weighted by atomic mass is 10.1. The Morgan fingerprint density at radius 1 is 1.18 bits per heavy atom. The first-order valence-electron chi connectivity index (χ1n) is 5.95. The highest BCUT2D eigenvalue weighted by Gasteiger charge is 2.08. The molecule has 0 fully saturated rings. The maximum Gasteiger partial charge on any atom is 0.270 e. The highest BCUT2D eigenvalue weighted by atomic mass is 16.1. The highest BCUT2D eigenvalue weighted by Crippen LogP contribution is 2.06. The highest BCUT2D eigenvalue weighted by molar-refractivity contribution is 5.22. The van der Waals surface area contributed by atoms with Gasteiger partial charge < -0.3 is 0 Å². The summed E-state index contributed by atoms with van der Waals surface area (Å²) in [5.41, 5.74) is 4.34. The molecule has 1 aromatic heterocycles. The summed E-state index contributed by atoms with van der Waals surface area (Å²) in [6.45, 7) is 6.63. The van der Waals surface area contributed by atoms with Crippen LogP contribution in [0.25, 0.3) is 0 Å². The third kappa shape index (κ3) is 2.33. The Morgan fingerprint density at radius 3 is 2.35 bits per heavy atom. The molecule has 1 heterocycles. The molecule has 1 N–H and O–H groups in total. The van der Waals surface area contributed by atoms with Crippen molar-refractivity contribution in [3.63, 3.8) is 0 Å². The normalized spacial score (nSPS) is 10.8. The smallest absolute Gasteiger partial charge is 0.270 e. The average Bonchev–Trinajstić information content (AvgIpc) is 2.57. The fourth-order valence-electron chi connectivity index (χ4n) is 2.05. The van der Waals surface area contributed by atoms with Crippen LogP contribution in [0.3, 0.4) is 0 Å². The lowest BCUT2D eigenvalue weighted by Crippen LogP contribution is -2.19. The third-order valence-corrected chi connectivity index (χ3v) is 3.07. The first-order chi connectivity index (χ1) is 8.11. The third-order valence-electron chi connectivity index (χ3n) is 3.07. The molecule has 0 bridgehead atoms. The summed E-state index contributed by atoms with van der Waals surface area (Å²) in [7, 11) is 0. The second kappa shape index (κ2) is 4.62. The van der Waals surface area contributed by atoms with E-state index >= 15 is 0 Å². The topological polar surface area (TPSA) is 37.8 Å². The molecule has 0 unspecified atom stereocenters. The Morgan fingerprint density at radius 2 is 1.82 bits per heavy atom. The van der Waals surface area contributed by atoms with Crippen LogP contribution in [0.4, 0.5) is 0 Å². The van der Waals surface area contributed by atoms with Crippen LogP contribution in [-0.2, 0) is 13.0 Å². The van der Waals surface area contributed by atoms with E-state index in [2.05, 4.69) is 36.3 Å². The minimum Gasteiger partial charge on any atom is -0.299 e. The van der Waals surface area contributed by atoms with Crippen LogP contribution >= 0.6 is 0 Å². The van der Waals surface area contributed by atoms with Gasteiger partial charge in [-0.25, -0.2) is 4.68 Å². The van der Waals surface area contributed by atoms with Gasteiger partial charge in [0.15, 0.2) is 0 Å². The number of nitrogens with one attached hydrogen (secondary N) is 1. The van der Waals surface area contributed by atoms with Crippen LogP contribution in [0.5, 0.6) is 0 Å². The van der Waals surface area contributed by atoms with E-state index in [4.69, 9.17) is 0 Å². The lowest BCUT2D eigenvalue weighted by molar-refractivity contribution is 0.656. The van der Waals surface area contributed by atoms with Gasteiger partial charge in [0.1, 0.15) is 0 Å². The van der Waals surface area contributed by atoms with Gasteiger partial charge in [0.2, 0.25) is 0 Å². The molecule has 0 spiro atoms. The van der Waals surface area contributed by atoms with Gasteiger partial charge in [-0.3, -0.25) is 9.89 Å². The molecule has 2 rings (SSSR count). The van der Waals surface area contributed by atoms with Gasteiger partial charge in [0.05, 0.1) is 6.54 Å². The summed E-state index contributed by atoms with van der Waals surface area (Å²) in [6.07, 6.45) is 0.780. The Hall–Kier alpha value is -1.77. The number of benzene rings is 1. The number of H-pyrrole nitrogens is 1. The van der Waals surface area contributed by atoms with Crippen molar-refractivity contribution in [2.24, 2.45) is 0 Å². The second-order valence-corrected chi connectivity index (χ2v) is 4.45. The number of rotatable bonds is 3. The van der Waals surface area contributed by atoms with Crippen molar-refractivity contribution in [2.75, 3.05) is 0 Å². The minimum absolute atomic E-state index is 0.102. The largest absolute Gasteiger partial charge is 0.299 e. The molecule has 0 aliphatic carbocycles. The molecule has 1 aromatic carbocycles. The zero-order valence-electron chi connectivity index (χ0n) is 10.6. The lowest BCUT2D eigenvalue weighted by Gasteiger charge is -2.02. The first kappa shape index (κ1) is 11.7. The number of hydrogen-bond donors (Lipinski definition) is 1. The van der Waals surface area contributed by atoms with E-state index in [1.165, 1.54) is 5.56 Å². The fourth-order valence-corrected chi connectivity index (χ4v) is 2.05. The molecule has 2 aromatic rings. The van der Waals surface area contributed by atoms with Crippen molar-refractivity contribution in [2.45, 2.75) is 33.7 Å². The first-order valence-corrected chi connectivity index (χ1v) is 5.95. The van der Waals surface area contributed by atoms with Crippen molar-refractivity contribution < 1.29 is 0 Å². The molecular weight excluding hydrogens is 212 g/mol. The molecule has 0 aliphatic rings. The number of aromatic nitrogens is 2. The predicted molar refractivity (Wildman–Crippen MR) is 69.4 cm³/mol. The maximum absolute atomic E-state index is 12.0.